The molecule has 2 aliphatic rings. The first-order chi connectivity index (χ1) is 14.3. The van der Waals surface area contributed by atoms with Crippen LogP contribution in [0.25, 0.3) is 0 Å². The second-order valence-electron chi connectivity index (χ2n) is 7.65. The summed E-state index contributed by atoms with van der Waals surface area (Å²) in [5.74, 6) is 0.0368. The molecule has 160 valence electrons. The van der Waals surface area contributed by atoms with E-state index in [1.54, 1.807) is 19.1 Å². The van der Waals surface area contributed by atoms with Crippen LogP contribution in [0.5, 0.6) is 0 Å². The zero-order chi connectivity index (χ0) is 21.8. The van der Waals surface area contributed by atoms with Crippen molar-refractivity contribution in [2.75, 3.05) is 13.7 Å². The van der Waals surface area contributed by atoms with E-state index >= 15 is 0 Å². The molecule has 6 nitrogen and oxygen atoms in total. The molecule has 0 saturated heterocycles. The van der Waals surface area contributed by atoms with Gasteiger partial charge in [-0.05, 0) is 42.4 Å². The first-order valence-electron chi connectivity index (χ1n) is 9.86. The Hall–Kier alpha value is -2.25. The van der Waals surface area contributed by atoms with Gasteiger partial charge in [-0.3, -0.25) is 4.79 Å². The number of esters is 1. The average molecular weight is 448 g/mol. The second-order valence-corrected chi connectivity index (χ2v) is 8.92. The molecule has 1 atom stereocenters. The Morgan fingerprint density at radius 2 is 2.00 bits per heavy atom. The highest BCUT2D eigenvalue weighted by Crippen LogP contribution is 2.44. The van der Waals surface area contributed by atoms with Gasteiger partial charge in [0.2, 0.25) is 5.91 Å². The van der Waals surface area contributed by atoms with E-state index in [1.165, 1.54) is 18.9 Å². The number of halogens is 1. The Morgan fingerprint density at radius 1 is 1.30 bits per heavy atom. The number of thioether (sulfide) groups is 1. The number of methoxy groups -OCH3 is 1. The van der Waals surface area contributed by atoms with E-state index < -0.39 is 12.0 Å². The first kappa shape index (κ1) is 22.4. The second kappa shape index (κ2) is 9.71. The summed E-state index contributed by atoms with van der Waals surface area (Å²) in [5, 5.41) is 6.26. The number of fused-ring (bicyclic) bond motifs is 1. The lowest BCUT2D eigenvalue weighted by molar-refractivity contribution is -0.136. The van der Waals surface area contributed by atoms with Gasteiger partial charge >= 0.3 is 5.97 Å². The van der Waals surface area contributed by atoms with Crippen LogP contribution in [0.3, 0.4) is 0 Å². The maximum absolute atomic E-state index is 12.6. The van der Waals surface area contributed by atoms with E-state index in [0.29, 0.717) is 28.8 Å². The normalized spacial score (nSPS) is 18.2. The molecule has 1 amide bonds. The van der Waals surface area contributed by atoms with Crippen molar-refractivity contribution in [3.63, 3.8) is 0 Å². The van der Waals surface area contributed by atoms with Gasteiger partial charge < -0.3 is 15.0 Å². The standard InChI is InChI=1S/C22H26ClN3O3S/c1-13(2)9-10-24-18(27)11-17-12-30-22-25-14(3)19(21(28)29-4)20(26(17)22)15-5-7-16(23)8-6-15/h5-8,12-13,20H,9-11H2,1-4H3,(H,24,27)/t20-/m1/s1. The van der Waals surface area contributed by atoms with Crippen LogP contribution in [0.2, 0.25) is 5.02 Å². The summed E-state index contributed by atoms with van der Waals surface area (Å²) in [5.41, 5.74) is 2.74. The van der Waals surface area contributed by atoms with Gasteiger partial charge in [0.1, 0.15) is 0 Å². The number of ether oxygens (including phenoxy) is 1. The zero-order valence-electron chi connectivity index (χ0n) is 17.6. The maximum atomic E-state index is 12.6. The summed E-state index contributed by atoms with van der Waals surface area (Å²) in [6.45, 7) is 6.69. The average Bonchev–Trinajstić information content (AvgIpc) is 3.08. The minimum Gasteiger partial charge on any atom is -0.466 e. The van der Waals surface area contributed by atoms with Crippen LogP contribution in [0, 0.1) is 5.92 Å². The Labute approximate surface area is 186 Å². The van der Waals surface area contributed by atoms with E-state index in [0.717, 1.165) is 22.8 Å². The predicted molar refractivity (Wildman–Crippen MR) is 121 cm³/mol. The fourth-order valence-corrected chi connectivity index (χ4v) is 4.52. The van der Waals surface area contributed by atoms with Crippen LogP contribution in [0.1, 0.15) is 45.2 Å². The maximum Gasteiger partial charge on any atom is 0.338 e. The number of rotatable bonds is 7. The van der Waals surface area contributed by atoms with Gasteiger partial charge in [0.25, 0.3) is 0 Å². The summed E-state index contributed by atoms with van der Waals surface area (Å²) in [6.07, 6.45) is 1.14. The smallest absolute Gasteiger partial charge is 0.338 e. The molecule has 0 aromatic heterocycles. The number of nitrogens with zero attached hydrogens (tertiary/aromatic N) is 2. The summed E-state index contributed by atoms with van der Waals surface area (Å²) in [4.78, 5) is 31.7. The van der Waals surface area contributed by atoms with Gasteiger partial charge in [0.15, 0.2) is 5.17 Å². The number of benzene rings is 1. The number of nitrogens with one attached hydrogen (secondary N) is 1. The van der Waals surface area contributed by atoms with Crippen LogP contribution < -0.4 is 5.32 Å². The van der Waals surface area contributed by atoms with Gasteiger partial charge in [-0.1, -0.05) is 49.3 Å². The Morgan fingerprint density at radius 3 is 2.63 bits per heavy atom. The van der Waals surface area contributed by atoms with Crippen molar-refractivity contribution < 1.29 is 14.3 Å². The molecule has 0 aliphatic carbocycles. The molecule has 0 unspecified atom stereocenters. The van der Waals surface area contributed by atoms with E-state index in [-0.39, 0.29) is 12.3 Å². The topological polar surface area (TPSA) is 71.0 Å². The minimum atomic E-state index is -0.438. The molecule has 8 heteroatoms. The van der Waals surface area contributed by atoms with Crippen LogP contribution in [0.4, 0.5) is 0 Å². The molecule has 1 N–H and O–H groups in total. The van der Waals surface area contributed by atoms with Crippen molar-refractivity contribution in [3.8, 4) is 0 Å². The van der Waals surface area contributed by atoms with E-state index in [2.05, 4.69) is 24.2 Å². The Kier molecular flexibility index (Phi) is 7.26. The molecule has 1 aromatic rings. The molecule has 0 fully saturated rings. The van der Waals surface area contributed by atoms with E-state index in [1.807, 2.05) is 22.4 Å². The lowest BCUT2D eigenvalue weighted by Crippen LogP contribution is -2.38. The number of hydrogen-bond donors (Lipinski definition) is 1. The molecule has 2 aliphatic heterocycles. The van der Waals surface area contributed by atoms with Crippen molar-refractivity contribution in [2.45, 2.75) is 39.7 Å². The van der Waals surface area contributed by atoms with Gasteiger partial charge in [-0.2, -0.15) is 0 Å². The fraction of sp³-hybridized carbons (Fsp3) is 0.409. The number of carbonyl (C=O) groups excluding carboxylic acids is 2. The molecule has 0 spiro atoms. The molecular formula is C22H26ClN3O3S. The van der Waals surface area contributed by atoms with Gasteiger partial charge in [0, 0.05) is 17.3 Å². The molecule has 3 rings (SSSR count). The van der Waals surface area contributed by atoms with E-state index in [9.17, 15) is 9.59 Å². The van der Waals surface area contributed by atoms with E-state index in [4.69, 9.17) is 16.3 Å². The summed E-state index contributed by atoms with van der Waals surface area (Å²) >= 11 is 7.53. The highest BCUT2D eigenvalue weighted by atomic mass is 35.5. The lowest BCUT2D eigenvalue weighted by atomic mass is 9.94. The van der Waals surface area contributed by atoms with Crippen molar-refractivity contribution in [3.05, 3.63) is 57.2 Å². The molecule has 30 heavy (non-hydrogen) atoms. The molecule has 2 heterocycles. The molecule has 1 aromatic carbocycles. The number of carbonyl (C=O) groups is 2. The predicted octanol–water partition coefficient (Wildman–Crippen LogP) is 4.64. The van der Waals surface area contributed by atoms with Crippen molar-refractivity contribution in [1.29, 1.82) is 0 Å². The SMILES string of the molecule is COC(=O)C1=C(C)N=C2SC=C(CC(=O)NCCC(C)C)N2[C@@H]1c1ccc(Cl)cc1. The zero-order valence-corrected chi connectivity index (χ0v) is 19.1. The third-order valence-electron chi connectivity index (χ3n) is 4.98. The number of amides is 1. The largest absolute Gasteiger partial charge is 0.466 e. The summed E-state index contributed by atoms with van der Waals surface area (Å²) < 4.78 is 5.05. The van der Waals surface area contributed by atoms with Gasteiger partial charge in [-0.25, -0.2) is 9.79 Å². The van der Waals surface area contributed by atoms with Crippen LogP contribution >= 0.6 is 23.4 Å². The van der Waals surface area contributed by atoms with Gasteiger partial charge in [0.05, 0.1) is 30.8 Å². The Bertz CT molecular complexity index is 922. The van der Waals surface area contributed by atoms with Crippen molar-refractivity contribution in [2.24, 2.45) is 10.9 Å². The molecule has 0 saturated carbocycles. The summed E-state index contributed by atoms with van der Waals surface area (Å²) in [6, 6.07) is 6.91. The number of amidine groups is 1. The van der Waals surface area contributed by atoms with Crippen LogP contribution in [-0.2, 0) is 14.3 Å². The number of hydrogen-bond acceptors (Lipinski definition) is 6. The number of aliphatic imine (C=N–C) groups is 1. The first-order valence-corrected chi connectivity index (χ1v) is 11.1. The Balaban J connectivity index is 1.90. The summed E-state index contributed by atoms with van der Waals surface area (Å²) in [7, 11) is 1.36. The molecular weight excluding hydrogens is 422 g/mol. The third kappa shape index (κ3) is 4.90. The van der Waals surface area contributed by atoms with Crippen LogP contribution in [0.15, 0.2) is 51.6 Å². The highest BCUT2D eigenvalue weighted by molar-refractivity contribution is 8.16. The quantitative estimate of drug-likeness (QED) is 0.616. The minimum absolute atomic E-state index is 0.0514. The monoisotopic (exact) mass is 447 g/mol. The number of allylic oxidation sites excluding steroid dienone is 1. The van der Waals surface area contributed by atoms with Crippen molar-refractivity contribution >= 4 is 40.4 Å². The van der Waals surface area contributed by atoms with Crippen LogP contribution in [-0.4, -0.2) is 35.6 Å². The molecule has 0 bridgehead atoms. The van der Waals surface area contributed by atoms with Crippen molar-refractivity contribution in [1.82, 2.24) is 10.2 Å². The highest BCUT2D eigenvalue weighted by Gasteiger charge is 2.40. The third-order valence-corrected chi connectivity index (χ3v) is 6.12. The van der Waals surface area contributed by atoms with Gasteiger partial charge in [-0.15, -0.1) is 0 Å². The molecule has 0 radical (unpaired) electrons. The fourth-order valence-electron chi connectivity index (χ4n) is 3.43. The lowest BCUT2D eigenvalue weighted by Gasteiger charge is -2.36.